The molecule has 2 fully saturated rings. The zero-order chi connectivity index (χ0) is 16.4. The SMILES string of the molecule is Cc1ccc(S(=O)(=O)N2CCCC2C(=O)NCC2CCCN2)s1. The second-order valence-corrected chi connectivity index (χ2v) is 9.58. The van der Waals surface area contributed by atoms with Crippen LogP contribution in [-0.4, -0.2) is 50.3 Å². The summed E-state index contributed by atoms with van der Waals surface area (Å²) in [6.07, 6.45) is 3.50. The molecule has 2 saturated heterocycles. The number of hydrogen-bond donors (Lipinski definition) is 2. The Balaban J connectivity index is 1.68. The number of thiophene rings is 1. The van der Waals surface area contributed by atoms with Crippen LogP contribution in [0.1, 0.15) is 30.6 Å². The normalized spacial score (nSPS) is 25.8. The molecule has 0 bridgehead atoms. The Morgan fingerprint density at radius 1 is 1.39 bits per heavy atom. The Hall–Kier alpha value is -0.960. The summed E-state index contributed by atoms with van der Waals surface area (Å²) in [7, 11) is -3.57. The molecule has 128 valence electrons. The van der Waals surface area contributed by atoms with Crippen LogP contribution in [-0.2, 0) is 14.8 Å². The van der Waals surface area contributed by atoms with Gasteiger partial charge in [-0.05, 0) is 51.3 Å². The lowest BCUT2D eigenvalue weighted by Gasteiger charge is -2.23. The molecule has 6 nitrogen and oxygen atoms in total. The number of nitrogens with one attached hydrogen (secondary N) is 2. The highest BCUT2D eigenvalue weighted by molar-refractivity contribution is 7.91. The predicted molar refractivity (Wildman–Crippen MR) is 90.0 cm³/mol. The number of nitrogens with zero attached hydrogens (tertiary/aromatic N) is 1. The molecular formula is C15H23N3O3S2. The second kappa shape index (κ2) is 6.88. The number of carbonyl (C=O) groups is 1. The molecule has 2 aliphatic rings. The maximum absolute atomic E-state index is 12.8. The van der Waals surface area contributed by atoms with E-state index in [2.05, 4.69) is 10.6 Å². The fourth-order valence-electron chi connectivity index (χ4n) is 3.23. The van der Waals surface area contributed by atoms with Gasteiger partial charge in [-0.15, -0.1) is 11.3 Å². The summed E-state index contributed by atoms with van der Waals surface area (Å²) in [4.78, 5) is 13.4. The Bertz CT molecular complexity index is 665. The second-order valence-electron chi connectivity index (χ2n) is 6.18. The van der Waals surface area contributed by atoms with Gasteiger partial charge >= 0.3 is 0 Å². The average molecular weight is 358 g/mol. The van der Waals surface area contributed by atoms with Crippen molar-refractivity contribution in [2.24, 2.45) is 0 Å². The predicted octanol–water partition coefficient (Wildman–Crippen LogP) is 1.08. The first-order valence-electron chi connectivity index (χ1n) is 8.08. The van der Waals surface area contributed by atoms with Gasteiger partial charge in [-0.25, -0.2) is 8.42 Å². The van der Waals surface area contributed by atoms with Crippen LogP contribution in [0.5, 0.6) is 0 Å². The molecule has 2 atom stereocenters. The largest absolute Gasteiger partial charge is 0.353 e. The number of amides is 1. The Morgan fingerprint density at radius 3 is 2.87 bits per heavy atom. The molecule has 2 aliphatic heterocycles. The highest BCUT2D eigenvalue weighted by atomic mass is 32.2. The maximum Gasteiger partial charge on any atom is 0.253 e. The molecule has 1 aromatic rings. The van der Waals surface area contributed by atoms with E-state index < -0.39 is 16.1 Å². The minimum absolute atomic E-state index is 0.173. The highest BCUT2D eigenvalue weighted by Gasteiger charge is 2.40. The third kappa shape index (κ3) is 3.60. The summed E-state index contributed by atoms with van der Waals surface area (Å²) in [5, 5.41) is 6.25. The summed E-state index contributed by atoms with van der Waals surface area (Å²) < 4.78 is 27.2. The topological polar surface area (TPSA) is 78.5 Å². The molecule has 3 rings (SSSR count). The van der Waals surface area contributed by atoms with Crippen LogP contribution in [0.15, 0.2) is 16.3 Å². The number of carbonyl (C=O) groups excluding carboxylic acids is 1. The molecule has 23 heavy (non-hydrogen) atoms. The Labute approximate surface area is 141 Å². The summed E-state index contributed by atoms with van der Waals surface area (Å²) in [5.74, 6) is -0.173. The van der Waals surface area contributed by atoms with Gasteiger partial charge in [0.05, 0.1) is 0 Å². The average Bonchev–Trinajstić information content (AvgIpc) is 3.25. The van der Waals surface area contributed by atoms with Gasteiger partial charge in [0.15, 0.2) is 0 Å². The summed E-state index contributed by atoms with van der Waals surface area (Å²) in [5.41, 5.74) is 0. The first kappa shape index (κ1) is 16.9. The van der Waals surface area contributed by atoms with E-state index in [1.54, 1.807) is 12.1 Å². The molecule has 1 aromatic heterocycles. The first-order chi connectivity index (χ1) is 11.0. The molecule has 1 amide bonds. The molecule has 0 aliphatic carbocycles. The van der Waals surface area contributed by atoms with Crippen molar-refractivity contribution in [1.82, 2.24) is 14.9 Å². The lowest BCUT2D eigenvalue weighted by molar-refractivity contribution is -0.124. The van der Waals surface area contributed by atoms with E-state index in [1.165, 1.54) is 15.6 Å². The van der Waals surface area contributed by atoms with E-state index in [1.807, 2.05) is 6.92 Å². The highest BCUT2D eigenvalue weighted by Crippen LogP contribution is 2.30. The van der Waals surface area contributed by atoms with Crippen molar-refractivity contribution in [3.05, 3.63) is 17.0 Å². The van der Waals surface area contributed by atoms with Gasteiger partial charge in [-0.1, -0.05) is 0 Å². The zero-order valence-corrected chi connectivity index (χ0v) is 14.9. The van der Waals surface area contributed by atoms with Crippen LogP contribution < -0.4 is 10.6 Å². The standard InChI is InChI=1S/C15H23N3O3S2/c1-11-6-7-14(22-11)23(20,21)18-9-3-5-13(18)15(19)17-10-12-4-2-8-16-12/h6-7,12-13,16H,2-5,8-10H2,1H3,(H,17,19). The quantitative estimate of drug-likeness (QED) is 0.826. The van der Waals surface area contributed by atoms with Crippen molar-refractivity contribution in [1.29, 1.82) is 0 Å². The molecule has 2 N–H and O–H groups in total. The van der Waals surface area contributed by atoms with E-state index in [0.29, 0.717) is 29.8 Å². The fourth-order valence-corrected chi connectivity index (χ4v) is 6.30. The fraction of sp³-hybridized carbons (Fsp3) is 0.667. The van der Waals surface area contributed by atoms with Crippen molar-refractivity contribution < 1.29 is 13.2 Å². The van der Waals surface area contributed by atoms with Crippen LogP contribution in [0.25, 0.3) is 0 Å². The summed E-state index contributed by atoms with van der Waals surface area (Å²) in [6.45, 7) is 3.86. The molecule has 0 radical (unpaired) electrons. The molecule has 0 aromatic carbocycles. The van der Waals surface area contributed by atoms with E-state index in [4.69, 9.17) is 0 Å². The van der Waals surface area contributed by atoms with Gasteiger partial charge in [0, 0.05) is 24.0 Å². The number of hydrogen-bond acceptors (Lipinski definition) is 5. The van der Waals surface area contributed by atoms with Crippen LogP contribution in [0.4, 0.5) is 0 Å². The minimum atomic E-state index is -3.57. The van der Waals surface area contributed by atoms with Crippen LogP contribution in [0.2, 0.25) is 0 Å². The van der Waals surface area contributed by atoms with Crippen molar-refractivity contribution in [3.63, 3.8) is 0 Å². The van der Waals surface area contributed by atoms with Gasteiger partial charge in [0.2, 0.25) is 5.91 Å². The minimum Gasteiger partial charge on any atom is -0.353 e. The van der Waals surface area contributed by atoms with Crippen molar-refractivity contribution in [2.45, 2.75) is 48.9 Å². The molecule has 0 saturated carbocycles. The molecule has 8 heteroatoms. The number of sulfonamides is 1. The molecule has 3 heterocycles. The van der Waals surface area contributed by atoms with Crippen molar-refractivity contribution in [3.8, 4) is 0 Å². The van der Waals surface area contributed by atoms with Crippen molar-refractivity contribution in [2.75, 3.05) is 19.6 Å². The van der Waals surface area contributed by atoms with E-state index in [0.717, 1.165) is 30.7 Å². The molecule has 0 spiro atoms. The Morgan fingerprint density at radius 2 is 2.22 bits per heavy atom. The number of rotatable bonds is 5. The van der Waals surface area contributed by atoms with E-state index in [-0.39, 0.29) is 5.91 Å². The lowest BCUT2D eigenvalue weighted by Crippen LogP contribution is -2.48. The smallest absolute Gasteiger partial charge is 0.253 e. The van der Waals surface area contributed by atoms with E-state index in [9.17, 15) is 13.2 Å². The summed E-state index contributed by atoms with van der Waals surface area (Å²) >= 11 is 1.26. The number of aryl methyl sites for hydroxylation is 1. The van der Waals surface area contributed by atoms with Gasteiger partial charge in [0.1, 0.15) is 10.3 Å². The van der Waals surface area contributed by atoms with E-state index >= 15 is 0 Å². The van der Waals surface area contributed by atoms with Gasteiger partial charge in [-0.2, -0.15) is 4.31 Å². The monoisotopic (exact) mass is 357 g/mol. The van der Waals surface area contributed by atoms with Gasteiger partial charge < -0.3 is 10.6 Å². The lowest BCUT2D eigenvalue weighted by atomic mass is 10.2. The first-order valence-corrected chi connectivity index (χ1v) is 10.3. The van der Waals surface area contributed by atoms with Crippen LogP contribution >= 0.6 is 11.3 Å². The van der Waals surface area contributed by atoms with Crippen LogP contribution in [0.3, 0.4) is 0 Å². The van der Waals surface area contributed by atoms with Crippen molar-refractivity contribution >= 4 is 27.3 Å². The molecular weight excluding hydrogens is 334 g/mol. The Kier molecular flexibility index (Phi) is 5.05. The molecule has 2 unspecified atom stereocenters. The zero-order valence-electron chi connectivity index (χ0n) is 13.2. The summed E-state index contributed by atoms with van der Waals surface area (Å²) in [6, 6.07) is 3.16. The third-order valence-corrected chi connectivity index (χ3v) is 7.85. The van der Waals surface area contributed by atoms with Crippen LogP contribution in [0, 0.1) is 6.92 Å². The third-order valence-electron chi connectivity index (χ3n) is 4.47. The van der Waals surface area contributed by atoms with Gasteiger partial charge in [0.25, 0.3) is 10.0 Å². The van der Waals surface area contributed by atoms with Gasteiger partial charge in [-0.3, -0.25) is 4.79 Å². The maximum atomic E-state index is 12.8.